The zero-order valence-corrected chi connectivity index (χ0v) is 8.80. The molecule has 0 saturated heterocycles. The van der Waals surface area contributed by atoms with E-state index in [4.69, 9.17) is 10.8 Å². The van der Waals surface area contributed by atoms with E-state index in [1.165, 1.54) is 13.0 Å². The van der Waals surface area contributed by atoms with Crippen molar-refractivity contribution in [2.45, 2.75) is 12.5 Å². The monoisotopic (exact) mass is 232 g/mol. The van der Waals surface area contributed by atoms with E-state index in [2.05, 4.69) is 5.32 Å². The van der Waals surface area contributed by atoms with Crippen molar-refractivity contribution in [3.05, 3.63) is 23.8 Å². The van der Waals surface area contributed by atoms with Crippen molar-refractivity contribution in [2.24, 2.45) is 0 Å². The van der Waals surface area contributed by atoms with Crippen molar-refractivity contribution in [3.8, 4) is 0 Å². The third-order valence-corrected chi connectivity index (χ3v) is 2.11. The molecule has 0 saturated carbocycles. The van der Waals surface area contributed by atoms with Crippen molar-refractivity contribution in [2.75, 3.05) is 24.2 Å². The van der Waals surface area contributed by atoms with Gasteiger partial charge in [0.05, 0.1) is 18.0 Å². The zero-order chi connectivity index (χ0) is 12.3. The van der Waals surface area contributed by atoms with Crippen LogP contribution >= 0.6 is 0 Å². The van der Waals surface area contributed by atoms with Gasteiger partial charge in [0.2, 0.25) is 0 Å². The summed E-state index contributed by atoms with van der Waals surface area (Å²) in [5.74, 6) is -2.13. The van der Waals surface area contributed by atoms with Crippen LogP contribution in [0, 0.1) is 11.6 Å². The van der Waals surface area contributed by atoms with E-state index in [-0.39, 0.29) is 17.9 Å². The van der Waals surface area contributed by atoms with Crippen molar-refractivity contribution < 1.29 is 19.0 Å². The van der Waals surface area contributed by atoms with Gasteiger partial charge in [-0.3, -0.25) is 0 Å². The first-order valence-electron chi connectivity index (χ1n) is 4.68. The molecule has 90 valence electrons. The molecule has 1 aromatic rings. The first kappa shape index (κ1) is 12.7. The Labute approximate surface area is 91.7 Å². The number of aliphatic hydroxyl groups is 2. The summed E-state index contributed by atoms with van der Waals surface area (Å²) in [6, 6.07) is 2.13. The van der Waals surface area contributed by atoms with Crippen LogP contribution < -0.4 is 11.1 Å². The number of hydrogen-bond donors (Lipinski definition) is 4. The summed E-state index contributed by atoms with van der Waals surface area (Å²) in [6.45, 7) is 0.707. The third kappa shape index (κ3) is 2.80. The number of aliphatic hydroxyl groups excluding tert-OH is 1. The predicted octanol–water partition coefficient (Wildman–Crippen LogP) is 0.702. The zero-order valence-electron chi connectivity index (χ0n) is 8.80. The molecule has 0 heterocycles. The van der Waals surface area contributed by atoms with Gasteiger partial charge in [0, 0.05) is 6.54 Å². The predicted molar refractivity (Wildman–Crippen MR) is 57.0 cm³/mol. The topological polar surface area (TPSA) is 78.5 Å². The van der Waals surface area contributed by atoms with E-state index in [1.54, 1.807) is 0 Å². The molecule has 1 aromatic carbocycles. The normalized spacial score (nSPS) is 14.6. The van der Waals surface area contributed by atoms with Crippen LogP contribution in [0.15, 0.2) is 12.1 Å². The average Bonchev–Trinajstić information content (AvgIpc) is 2.24. The molecule has 0 spiro atoms. The van der Waals surface area contributed by atoms with Gasteiger partial charge in [-0.15, -0.1) is 0 Å². The van der Waals surface area contributed by atoms with Crippen LogP contribution in [-0.4, -0.2) is 29.0 Å². The largest absolute Gasteiger partial charge is 0.397 e. The number of nitrogen functional groups attached to an aromatic ring is 1. The average molecular weight is 232 g/mol. The Morgan fingerprint density at radius 2 is 2.06 bits per heavy atom. The molecule has 0 radical (unpaired) electrons. The highest BCUT2D eigenvalue weighted by molar-refractivity contribution is 5.66. The van der Waals surface area contributed by atoms with Crippen LogP contribution in [-0.2, 0) is 0 Å². The molecule has 0 fully saturated rings. The minimum absolute atomic E-state index is 0.0349. The molecule has 4 nitrogen and oxygen atoms in total. The SMILES string of the molecule is CC(O)(CO)CNc1c(N)ccc(F)c1F. The molecule has 0 aliphatic carbocycles. The van der Waals surface area contributed by atoms with Gasteiger partial charge in [-0.25, -0.2) is 8.78 Å². The fourth-order valence-electron chi connectivity index (χ4n) is 1.08. The molecule has 0 amide bonds. The Hall–Kier alpha value is -1.40. The fraction of sp³-hybridized carbons (Fsp3) is 0.400. The summed E-state index contributed by atoms with van der Waals surface area (Å²) in [5.41, 5.74) is 3.84. The highest BCUT2D eigenvalue weighted by Gasteiger charge is 2.20. The van der Waals surface area contributed by atoms with Gasteiger partial charge in [0.1, 0.15) is 5.60 Å². The molecule has 0 aliphatic rings. The first-order valence-corrected chi connectivity index (χ1v) is 4.68. The van der Waals surface area contributed by atoms with Crippen LogP contribution in [0.2, 0.25) is 0 Å². The molecule has 6 heteroatoms. The van der Waals surface area contributed by atoms with Crippen molar-refractivity contribution >= 4 is 11.4 Å². The molecule has 1 rings (SSSR count). The highest BCUT2D eigenvalue weighted by Crippen LogP contribution is 2.24. The van der Waals surface area contributed by atoms with E-state index in [1.807, 2.05) is 0 Å². The minimum Gasteiger partial charge on any atom is -0.397 e. The Morgan fingerprint density at radius 3 is 2.62 bits per heavy atom. The molecule has 16 heavy (non-hydrogen) atoms. The van der Waals surface area contributed by atoms with Crippen LogP contribution in [0.1, 0.15) is 6.92 Å². The minimum atomic E-state index is -1.43. The standard InChI is InChI=1S/C10H14F2N2O2/c1-10(16,5-15)4-14-9-7(13)3-2-6(11)8(9)12/h2-3,14-16H,4-5,13H2,1H3. The van der Waals surface area contributed by atoms with E-state index < -0.39 is 23.8 Å². The maximum Gasteiger partial charge on any atom is 0.183 e. The number of nitrogens with two attached hydrogens (primary N) is 1. The Morgan fingerprint density at radius 1 is 1.44 bits per heavy atom. The molecule has 5 N–H and O–H groups in total. The van der Waals surface area contributed by atoms with Gasteiger partial charge >= 0.3 is 0 Å². The van der Waals surface area contributed by atoms with Crippen LogP contribution in [0.5, 0.6) is 0 Å². The number of hydrogen-bond acceptors (Lipinski definition) is 4. The lowest BCUT2D eigenvalue weighted by Crippen LogP contribution is -2.37. The third-order valence-electron chi connectivity index (χ3n) is 2.11. The maximum absolute atomic E-state index is 13.3. The number of anilines is 2. The second-order valence-corrected chi connectivity index (χ2v) is 3.83. The summed E-state index contributed by atoms with van der Waals surface area (Å²) in [4.78, 5) is 0. The van der Waals surface area contributed by atoms with Crippen molar-refractivity contribution in [1.82, 2.24) is 0 Å². The fourth-order valence-corrected chi connectivity index (χ4v) is 1.08. The quantitative estimate of drug-likeness (QED) is 0.576. The second kappa shape index (κ2) is 4.63. The summed E-state index contributed by atoms with van der Waals surface area (Å²) in [6.07, 6.45) is 0. The van der Waals surface area contributed by atoms with E-state index >= 15 is 0 Å². The number of benzene rings is 1. The van der Waals surface area contributed by atoms with Crippen LogP contribution in [0.25, 0.3) is 0 Å². The lowest BCUT2D eigenvalue weighted by atomic mass is 10.1. The van der Waals surface area contributed by atoms with Crippen molar-refractivity contribution in [1.29, 1.82) is 0 Å². The van der Waals surface area contributed by atoms with Gasteiger partial charge < -0.3 is 21.3 Å². The molecular weight excluding hydrogens is 218 g/mol. The number of halogens is 2. The summed E-state index contributed by atoms with van der Waals surface area (Å²) in [5, 5.41) is 20.7. The van der Waals surface area contributed by atoms with Gasteiger partial charge in [-0.1, -0.05) is 0 Å². The molecule has 1 unspecified atom stereocenters. The molecule has 1 atom stereocenters. The maximum atomic E-state index is 13.3. The lowest BCUT2D eigenvalue weighted by molar-refractivity contribution is 0.0132. The summed E-state index contributed by atoms with van der Waals surface area (Å²) < 4.78 is 26.2. The Kier molecular flexibility index (Phi) is 3.66. The second-order valence-electron chi connectivity index (χ2n) is 3.83. The van der Waals surface area contributed by atoms with Gasteiger partial charge in [0.15, 0.2) is 11.6 Å². The first-order chi connectivity index (χ1) is 7.37. The van der Waals surface area contributed by atoms with Gasteiger partial charge in [-0.2, -0.15) is 0 Å². The number of nitrogens with one attached hydrogen (secondary N) is 1. The summed E-state index contributed by atoms with van der Waals surface area (Å²) >= 11 is 0. The smallest absolute Gasteiger partial charge is 0.183 e. The van der Waals surface area contributed by atoms with E-state index in [0.717, 1.165) is 6.07 Å². The van der Waals surface area contributed by atoms with Gasteiger partial charge in [-0.05, 0) is 19.1 Å². The van der Waals surface area contributed by atoms with Gasteiger partial charge in [0.25, 0.3) is 0 Å². The molecule has 0 aliphatic heterocycles. The van der Waals surface area contributed by atoms with Crippen LogP contribution in [0.4, 0.5) is 20.2 Å². The van der Waals surface area contributed by atoms with Crippen LogP contribution in [0.3, 0.4) is 0 Å². The molecular formula is C10H14F2N2O2. The van der Waals surface area contributed by atoms with Crippen molar-refractivity contribution in [3.63, 3.8) is 0 Å². The van der Waals surface area contributed by atoms with E-state index in [9.17, 15) is 13.9 Å². The summed E-state index contributed by atoms with van der Waals surface area (Å²) in [7, 11) is 0. The molecule has 0 bridgehead atoms. The Balaban J connectivity index is 2.86. The Bertz CT molecular complexity index is 383. The number of rotatable bonds is 4. The highest BCUT2D eigenvalue weighted by atomic mass is 19.2. The van der Waals surface area contributed by atoms with E-state index in [0.29, 0.717) is 0 Å². The molecule has 0 aromatic heterocycles. The lowest BCUT2D eigenvalue weighted by Gasteiger charge is -2.22.